The van der Waals surface area contributed by atoms with E-state index < -0.39 is 0 Å². The quantitative estimate of drug-likeness (QED) is 0.149. The summed E-state index contributed by atoms with van der Waals surface area (Å²) in [7, 11) is 7.10. The molecule has 0 aromatic carbocycles. The first-order valence-electron chi connectivity index (χ1n) is 12.3. The maximum Gasteiger partial charge on any atom is 0.0884 e. The first-order chi connectivity index (χ1) is 12.5. The lowest BCUT2D eigenvalue weighted by Crippen LogP contribution is -2.44. The summed E-state index contributed by atoms with van der Waals surface area (Å²) in [5.41, 5.74) is 0. The Morgan fingerprint density at radius 2 is 0.769 bits per heavy atom. The van der Waals surface area contributed by atoms with Crippen LogP contribution < -0.4 is 0 Å². The molecule has 0 radical (unpaired) electrons. The molecule has 0 rings (SSSR count). The van der Waals surface area contributed by atoms with Crippen LogP contribution in [-0.4, -0.2) is 31.7 Å². The Labute approximate surface area is 167 Å². The fourth-order valence-electron chi connectivity index (χ4n) is 4.18. The lowest BCUT2D eigenvalue weighted by atomic mass is 10.00. The summed E-state index contributed by atoms with van der Waals surface area (Å²) in [6.45, 7) is 4.63. The molecule has 0 fully saturated rings. The van der Waals surface area contributed by atoms with E-state index in [4.69, 9.17) is 0 Å². The molecule has 1 unspecified atom stereocenters. The molecule has 0 aromatic heterocycles. The van der Waals surface area contributed by atoms with Crippen LogP contribution in [0.5, 0.6) is 0 Å². The van der Waals surface area contributed by atoms with Crippen LogP contribution in [-0.2, 0) is 0 Å². The van der Waals surface area contributed by atoms with Gasteiger partial charge in [-0.25, -0.2) is 0 Å². The molecule has 0 bridgehead atoms. The largest absolute Gasteiger partial charge is 0.328 e. The highest BCUT2D eigenvalue weighted by Gasteiger charge is 2.21. The van der Waals surface area contributed by atoms with Gasteiger partial charge in [0.05, 0.1) is 27.2 Å². The van der Waals surface area contributed by atoms with Crippen molar-refractivity contribution in [3.63, 3.8) is 0 Å². The molecular weight excluding hydrogens is 314 g/mol. The Balaban J connectivity index is 3.26. The summed E-state index contributed by atoms with van der Waals surface area (Å²) in [5.74, 6) is 0. The molecule has 0 aromatic rings. The highest BCUT2D eigenvalue weighted by atomic mass is 15.3. The molecule has 1 atom stereocenters. The van der Waals surface area contributed by atoms with E-state index in [0.29, 0.717) is 0 Å². The number of hydrogen-bond donors (Lipinski definition) is 0. The molecular formula is C25H54N+. The van der Waals surface area contributed by atoms with E-state index in [-0.39, 0.29) is 0 Å². The number of quaternary nitrogens is 1. The van der Waals surface area contributed by atoms with E-state index in [1.54, 1.807) is 0 Å². The van der Waals surface area contributed by atoms with Gasteiger partial charge in [0.25, 0.3) is 0 Å². The van der Waals surface area contributed by atoms with E-state index in [1.807, 2.05) is 0 Å². The van der Waals surface area contributed by atoms with Crippen LogP contribution >= 0.6 is 0 Å². The van der Waals surface area contributed by atoms with Gasteiger partial charge in [0, 0.05) is 0 Å². The van der Waals surface area contributed by atoms with Crippen LogP contribution in [0, 0.1) is 0 Å². The minimum Gasteiger partial charge on any atom is -0.328 e. The van der Waals surface area contributed by atoms with Gasteiger partial charge in [0.1, 0.15) is 0 Å². The Bertz CT molecular complexity index is 266. The number of nitrogens with zero attached hydrogens (tertiary/aromatic N) is 1. The second-order valence-electron chi connectivity index (χ2n) is 9.65. The van der Waals surface area contributed by atoms with E-state index in [1.165, 1.54) is 122 Å². The average molecular weight is 369 g/mol. The fraction of sp³-hybridized carbons (Fsp3) is 1.00. The topological polar surface area (TPSA) is 0 Å². The standard InChI is InChI=1S/C25H54N/c1-6-8-9-10-11-12-13-14-15-16-17-18-19-20-21-22-24-25(23-7-2)26(3,4)5/h25H,6-24H2,1-5H3/q+1. The molecule has 0 heterocycles. The van der Waals surface area contributed by atoms with Gasteiger partial charge < -0.3 is 4.48 Å². The first-order valence-corrected chi connectivity index (χ1v) is 12.3. The molecule has 0 aliphatic rings. The summed E-state index contributed by atoms with van der Waals surface area (Å²) < 4.78 is 1.15. The SMILES string of the molecule is CCCCCCCCCCCCCCCCCCC(CCC)[N+](C)(C)C. The van der Waals surface area contributed by atoms with Crippen molar-refractivity contribution < 1.29 is 4.48 Å². The lowest BCUT2D eigenvalue weighted by Gasteiger charge is -2.34. The predicted octanol–water partition coefficient (Wildman–Crippen LogP) is 8.51. The molecule has 0 spiro atoms. The van der Waals surface area contributed by atoms with Gasteiger partial charge in [-0.15, -0.1) is 0 Å². The van der Waals surface area contributed by atoms with Crippen molar-refractivity contribution in [2.24, 2.45) is 0 Å². The Morgan fingerprint density at radius 1 is 0.423 bits per heavy atom. The van der Waals surface area contributed by atoms with Gasteiger partial charge in [0.15, 0.2) is 0 Å². The van der Waals surface area contributed by atoms with E-state index in [0.717, 1.165) is 10.5 Å². The molecule has 1 nitrogen and oxygen atoms in total. The molecule has 26 heavy (non-hydrogen) atoms. The predicted molar refractivity (Wildman–Crippen MR) is 121 cm³/mol. The summed E-state index contributed by atoms with van der Waals surface area (Å²) in [6, 6.07) is 0.867. The third-order valence-electron chi connectivity index (χ3n) is 6.11. The van der Waals surface area contributed by atoms with E-state index in [2.05, 4.69) is 35.0 Å². The van der Waals surface area contributed by atoms with Crippen LogP contribution in [0.3, 0.4) is 0 Å². The molecule has 0 aliphatic heterocycles. The third-order valence-corrected chi connectivity index (χ3v) is 6.11. The third kappa shape index (κ3) is 17.4. The number of hydrogen-bond acceptors (Lipinski definition) is 0. The smallest absolute Gasteiger partial charge is 0.0884 e. The lowest BCUT2D eigenvalue weighted by molar-refractivity contribution is -0.896. The molecule has 0 N–H and O–H groups in total. The van der Waals surface area contributed by atoms with Crippen LogP contribution in [0.15, 0.2) is 0 Å². The normalized spacial score (nSPS) is 13.3. The molecule has 0 saturated carbocycles. The van der Waals surface area contributed by atoms with Gasteiger partial charge in [-0.2, -0.15) is 0 Å². The molecule has 0 aliphatic carbocycles. The minimum atomic E-state index is 0.867. The monoisotopic (exact) mass is 368 g/mol. The Kier molecular flexibility index (Phi) is 18.3. The summed E-state index contributed by atoms with van der Waals surface area (Å²) in [6.07, 6.45) is 27.6. The molecule has 158 valence electrons. The number of unbranched alkanes of at least 4 members (excludes halogenated alkanes) is 15. The zero-order valence-corrected chi connectivity index (χ0v) is 19.5. The fourth-order valence-corrected chi connectivity index (χ4v) is 4.18. The van der Waals surface area contributed by atoms with Crippen LogP contribution in [0.2, 0.25) is 0 Å². The van der Waals surface area contributed by atoms with Crippen LogP contribution in [0.25, 0.3) is 0 Å². The molecule has 0 saturated heterocycles. The van der Waals surface area contributed by atoms with Gasteiger partial charge >= 0.3 is 0 Å². The Hall–Kier alpha value is -0.0400. The number of rotatable bonds is 20. The summed E-state index contributed by atoms with van der Waals surface area (Å²) in [5, 5.41) is 0. The van der Waals surface area contributed by atoms with Gasteiger partial charge in [-0.3, -0.25) is 0 Å². The maximum absolute atomic E-state index is 2.37. The van der Waals surface area contributed by atoms with Gasteiger partial charge in [-0.1, -0.05) is 117 Å². The van der Waals surface area contributed by atoms with Crippen molar-refractivity contribution in [3.8, 4) is 0 Å². The Morgan fingerprint density at radius 3 is 1.08 bits per heavy atom. The van der Waals surface area contributed by atoms with Crippen molar-refractivity contribution in [1.82, 2.24) is 0 Å². The first kappa shape index (κ1) is 26.0. The van der Waals surface area contributed by atoms with Gasteiger partial charge in [-0.05, 0) is 19.3 Å². The molecule has 1 heteroatoms. The van der Waals surface area contributed by atoms with E-state index >= 15 is 0 Å². The molecule has 0 amide bonds. The second-order valence-corrected chi connectivity index (χ2v) is 9.65. The van der Waals surface area contributed by atoms with Crippen molar-refractivity contribution in [3.05, 3.63) is 0 Å². The zero-order chi connectivity index (χ0) is 19.5. The minimum absolute atomic E-state index is 0.867. The zero-order valence-electron chi connectivity index (χ0n) is 19.5. The van der Waals surface area contributed by atoms with Crippen molar-refractivity contribution >= 4 is 0 Å². The van der Waals surface area contributed by atoms with E-state index in [9.17, 15) is 0 Å². The van der Waals surface area contributed by atoms with Crippen molar-refractivity contribution in [1.29, 1.82) is 0 Å². The highest BCUT2D eigenvalue weighted by Crippen LogP contribution is 2.19. The highest BCUT2D eigenvalue weighted by molar-refractivity contribution is 4.58. The van der Waals surface area contributed by atoms with Crippen LogP contribution in [0.4, 0.5) is 0 Å². The second kappa shape index (κ2) is 18.3. The van der Waals surface area contributed by atoms with Crippen molar-refractivity contribution in [2.45, 2.75) is 142 Å². The average Bonchev–Trinajstić information content (AvgIpc) is 2.59. The maximum atomic E-state index is 2.37. The van der Waals surface area contributed by atoms with Crippen LogP contribution in [0.1, 0.15) is 136 Å². The van der Waals surface area contributed by atoms with Gasteiger partial charge in [0.2, 0.25) is 0 Å². The van der Waals surface area contributed by atoms with Crippen molar-refractivity contribution in [2.75, 3.05) is 21.1 Å². The summed E-state index contributed by atoms with van der Waals surface area (Å²) in [4.78, 5) is 0. The summed E-state index contributed by atoms with van der Waals surface area (Å²) >= 11 is 0.